The lowest BCUT2D eigenvalue weighted by atomic mass is 9.99. The predicted octanol–water partition coefficient (Wildman–Crippen LogP) is 6.90. The van der Waals surface area contributed by atoms with Crippen LogP contribution in [0, 0.1) is 0 Å². The van der Waals surface area contributed by atoms with Gasteiger partial charge in [-0.25, -0.2) is 8.78 Å². The zero-order valence-electron chi connectivity index (χ0n) is 9.23. The van der Waals surface area contributed by atoms with Crippen LogP contribution in [0.4, 0.5) is 8.78 Å². The lowest BCUT2D eigenvalue weighted by Gasteiger charge is -2.13. The Bertz CT molecular complexity index is 626. The van der Waals surface area contributed by atoms with Crippen molar-refractivity contribution < 1.29 is 8.78 Å². The average molecular weight is 342 g/mol. The number of rotatable bonds is 2. The summed E-state index contributed by atoms with van der Waals surface area (Å²) in [6.45, 7) is 0. The number of alkyl halides is 2. The van der Waals surface area contributed by atoms with Crippen molar-refractivity contribution in [1.82, 2.24) is 0 Å². The van der Waals surface area contributed by atoms with Crippen molar-refractivity contribution >= 4 is 46.4 Å². The van der Waals surface area contributed by atoms with Crippen LogP contribution >= 0.6 is 46.4 Å². The first-order valence-electron chi connectivity index (χ1n) is 5.13. The Balaban J connectivity index is 2.75. The number of hydrogen-bond donors (Lipinski definition) is 0. The summed E-state index contributed by atoms with van der Waals surface area (Å²) in [5.41, 5.74) is 0.299. The molecule has 0 spiro atoms. The molecule has 0 fully saturated rings. The first-order chi connectivity index (χ1) is 8.91. The second-order valence-corrected chi connectivity index (χ2v) is 5.38. The number of hydrogen-bond acceptors (Lipinski definition) is 0. The maximum atomic E-state index is 13.0. The molecule has 0 amide bonds. The molecule has 0 atom stereocenters. The van der Waals surface area contributed by atoms with Crippen LogP contribution in [0.2, 0.25) is 20.1 Å². The number of benzene rings is 2. The second-order valence-electron chi connectivity index (χ2n) is 3.75. The molecule has 100 valence electrons. The van der Waals surface area contributed by atoms with E-state index in [-0.39, 0.29) is 31.2 Å². The summed E-state index contributed by atoms with van der Waals surface area (Å²) in [7, 11) is 0. The minimum Gasteiger partial charge on any atom is -0.205 e. The van der Waals surface area contributed by atoms with E-state index < -0.39 is 6.43 Å². The fraction of sp³-hybridized carbons (Fsp3) is 0.0769. The Hall–Kier alpha value is -0.540. The van der Waals surface area contributed by atoms with Crippen molar-refractivity contribution in [2.45, 2.75) is 6.43 Å². The lowest BCUT2D eigenvalue weighted by Crippen LogP contribution is -1.92. The van der Waals surface area contributed by atoms with Gasteiger partial charge >= 0.3 is 0 Å². The Morgan fingerprint density at radius 2 is 1.42 bits per heavy atom. The highest BCUT2D eigenvalue weighted by Gasteiger charge is 2.19. The van der Waals surface area contributed by atoms with Crippen LogP contribution in [-0.2, 0) is 0 Å². The zero-order chi connectivity index (χ0) is 14.2. The summed E-state index contributed by atoms with van der Waals surface area (Å²) in [4.78, 5) is 0. The molecule has 0 saturated carbocycles. The van der Waals surface area contributed by atoms with Gasteiger partial charge in [-0.05, 0) is 18.2 Å². The normalized spacial score (nSPS) is 11.1. The molecule has 2 aromatic rings. The maximum Gasteiger partial charge on any atom is 0.264 e. The van der Waals surface area contributed by atoms with Crippen LogP contribution in [0.1, 0.15) is 12.0 Å². The Labute approximate surface area is 128 Å². The summed E-state index contributed by atoms with van der Waals surface area (Å²) in [6, 6.07) is 7.10. The van der Waals surface area contributed by atoms with Gasteiger partial charge in [-0.3, -0.25) is 0 Å². The number of halogens is 6. The molecular weight excluding hydrogens is 336 g/mol. The highest BCUT2D eigenvalue weighted by molar-refractivity contribution is 6.44. The van der Waals surface area contributed by atoms with E-state index in [0.29, 0.717) is 5.56 Å². The molecule has 0 N–H and O–H groups in total. The van der Waals surface area contributed by atoms with E-state index >= 15 is 0 Å². The molecule has 0 heterocycles. The summed E-state index contributed by atoms with van der Waals surface area (Å²) < 4.78 is 26.1. The smallest absolute Gasteiger partial charge is 0.205 e. The fourth-order valence-electron chi connectivity index (χ4n) is 1.72. The van der Waals surface area contributed by atoms with Crippen LogP contribution in [0.25, 0.3) is 11.1 Å². The van der Waals surface area contributed by atoms with Crippen LogP contribution in [0.15, 0.2) is 30.3 Å². The van der Waals surface area contributed by atoms with E-state index in [1.165, 1.54) is 30.3 Å². The quantitative estimate of drug-likeness (QED) is 0.521. The van der Waals surface area contributed by atoms with Gasteiger partial charge in [0, 0.05) is 21.7 Å². The molecule has 0 aromatic heterocycles. The van der Waals surface area contributed by atoms with Gasteiger partial charge in [-0.1, -0.05) is 58.5 Å². The van der Waals surface area contributed by atoms with E-state index in [0.717, 1.165) is 0 Å². The van der Waals surface area contributed by atoms with Crippen molar-refractivity contribution in [2.24, 2.45) is 0 Å². The maximum absolute atomic E-state index is 13.0. The van der Waals surface area contributed by atoms with Crippen molar-refractivity contribution in [2.75, 3.05) is 0 Å². The van der Waals surface area contributed by atoms with E-state index in [4.69, 9.17) is 46.4 Å². The summed E-state index contributed by atoms with van der Waals surface area (Å²) in [5.74, 6) is 0. The Kier molecular flexibility index (Phi) is 4.57. The molecule has 6 heteroatoms. The molecule has 0 aliphatic rings. The molecule has 2 rings (SSSR count). The van der Waals surface area contributed by atoms with Crippen LogP contribution < -0.4 is 0 Å². The largest absolute Gasteiger partial charge is 0.264 e. The Morgan fingerprint density at radius 3 is 2.05 bits per heavy atom. The molecular formula is C13H6Cl4F2. The van der Waals surface area contributed by atoms with Gasteiger partial charge in [-0.15, -0.1) is 0 Å². The summed E-state index contributed by atoms with van der Waals surface area (Å²) in [5, 5.41) is 0.866. The van der Waals surface area contributed by atoms with Gasteiger partial charge in [-0.2, -0.15) is 0 Å². The third-order valence-corrected chi connectivity index (χ3v) is 3.91. The molecule has 0 aliphatic carbocycles. The summed E-state index contributed by atoms with van der Waals surface area (Å²) in [6.07, 6.45) is -2.67. The topological polar surface area (TPSA) is 0 Å². The molecule has 0 saturated heterocycles. The molecule has 0 radical (unpaired) electrons. The standard InChI is InChI=1S/C13H6Cl4F2/c14-8-3-1-2-6(13(18)19)12(8)7-4-10(16)11(17)5-9(7)15/h1-5,13H. The first kappa shape index (κ1) is 14.9. The molecule has 0 aliphatic heterocycles. The van der Waals surface area contributed by atoms with Crippen molar-refractivity contribution in [3.05, 3.63) is 56.0 Å². The molecule has 2 aromatic carbocycles. The van der Waals surface area contributed by atoms with E-state index in [9.17, 15) is 8.78 Å². The van der Waals surface area contributed by atoms with Crippen LogP contribution in [0.5, 0.6) is 0 Å². The first-order valence-corrected chi connectivity index (χ1v) is 6.64. The van der Waals surface area contributed by atoms with Gasteiger partial charge in [0.05, 0.1) is 15.1 Å². The van der Waals surface area contributed by atoms with Crippen LogP contribution in [-0.4, -0.2) is 0 Å². The van der Waals surface area contributed by atoms with E-state index in [1.54, 1.807) is 0 Å². The van der Waals surface area contributed by atoms with E-state index in [2.05, 4.69) is 0 Å². The van der Waals surface area contributed by atoms with Gasteiger partial charge < -0.3 is 0 Å². The predicted molar refractivity (Wildman–Crippen MR) is 76.9 cm³/mol. The lowest BCUT2D eigenvalue weighted by molar-refractivity contribution is 0.152. The van der Waals surface area contributed by atoms with E-state index in [1.807, 2.05) is 0 Å². The third-order valence-electron chi connectivity index (χ3n) is 2.56. The highest BCUT2D eigenvalue weighted by atomic mass is 35.5. The van der Waals surface area contributed by atoms with Crippen molar-refractivity contribution in [3.63, 3.8) is 0 Å². The average Bonchev–Trinajstić information content (AvgIpc) is 2.34. The fourth-order valence-corrected chi connectivity index (χ4v) is 2.65. The van der Waals surface area contributed by atoms with Gasteiger partial charge in [0.15, 0.2) is 0 Å². The minimum atomic E-state index is -2.67. The van der Waals surface area contributed by atoms with Gasteiger partial charge in [0.1, 0.15) is 0 Å². The minimum absolute atomic E-state index is 0.169. The van der Waals surface area contributed by atoms with Crippen molar-refractivity contribution in [3.8, 4) is 11.1 Å². The molecule has 0 nitrogen and oxygen atoms in total. The SMILES string of the molecule is FC(F)c1cccc(Cl)c1-c1cc(Cl)c(Cl)cc1Cl. The highest BCUT2D eigenvalue weighted by Crippen LogP contribution is 2.42. The van der Waals surface area contributed by atoms with Gasteiger partial charge in [0.25, 0.3) is 6.43 Å². The van der Waals surface area contributed by atoms with Crippen molar-refractivity contribution in [1.29, 1.82) is 0 Å². The third kappa shape index (κ3) is 2.97. The second kappa shape index (κ2) is 5.84. The molecule has 0 bridgehead atoms. The zero-order valence-corrected chi connectivity index (χ0v) is 12.3. The van der Waals surface area contributed by atoms with Crippen LogP contribution in [0.3, 0.4) is 0 Å². The van der Waals surface area contributed by atoms with Gasteiger partial charge in [0.2, 0.25) is 0 Å². The monoisotopic (exact) mass is 340 g/mol. The Morgan fingerprint density at radius 1 is 0.789 bits per heavy atom. The molecule has 0 unspecified atom stereocenters. The summed E-state index contributed by atoms with van der Waals surface area (Å²) >= 11 is 23.8. The molecule has 19 heavy (non-hydrogen) atoms.